The van der Waals surface area contributed by atoms with Crippen molar-refractivity contribution in [2.24, 2.45) is 0 Å². The third kappa shape index (κ3) is 7.28. The van der Waals surface area contributed by atoms with Crippen LogP contribution in [0.2, 0.25) is 0 Å². The molecule has 204 valence electrons. The molecule has 3 rings (SSSR count). The predicted molar refractivity (Wildman–Crippen MR) is 138 cm³/mol. The van der Waals surface area contributed by atoms with Gasteiger partial charge in [0.15, 0.2) is 11.6 Å². The van der Waals surface area contributed by atoms with Gasteiger partial charge < -0.3 is 31.1 Å². The molecule has 1 aliphatic rings. The molecule has 0 unspecified atom stereocenters. The zero-order valence-corrected chi connectivity index (χ0v) is 20.9. The molecule has 0 aliphatic heterocycles. The molecule has 0 heterocycles. The Kier molecular flexibility index (Phi) is 10.6. The Morgan fingerprint density at radius 3 is 1.24 bits per heavy atom. The van der Waals surface area contributed by atoms with Crippen LogP contribution in [0.25, 0.3) is 0 Å². The minimum Gasteiger partial charge on any atom is -0.395 e. The first-order valence-corrected chi connectivity index (χ1v) is 12.2. The lowest BCUT2D eigenvalue weighted by Crippen LogP contribution is -2.37. The monoisotopic (exact) mass is 528 g/mol. The van der Waals surface area contributed by atoms with Gasteiger partial charge in [-0.2, -0.15) is 0 Å². The van der Waals surface area contributed by atoms with E-state index in [2.05, 4.69) is 10.6 Å². The second-order valence-corrected chi connectivity index (χ2v) is 8.72. The fraction of sp³-hybridized carbons (Fsp3) is 0.385. The number of carbonyl (C=O) groups excluding carboxylic acids is 4. The number of hydrogen-bond acceptors (Lipinski definition) is 10. The van der Waals surface area contributed by atoms with E-state index in [1.54, 1.807) is 9.80 Å². The molecule has 0 radical (unpaired) electrons. The molecule has 0 atom stereocenters. The van der Waals surface area contributed by atoms with Gasteiger partial charge in [-0.25, -0.2) is 0 Å². The molecule has 0 aromatic heterocycles. The fourth-order valence-corrected chi connectivity index (χ4v) is 4.22. The quantitative estimate of drug-likeness (QED) is 0.151. The molecule has 12 heteroatoms. The maximum Gasteiger partial charge on any atom is 0.238 e. The highest BCUT2D eigenvalue weighted by atomic mass is 16.3. The van der Waals surface area contributed by atoms with Gasteiger partial charge in [0, 0.05) is 59.8 Å². The van der Waals surface area contributed by atoms with Crippen LogP contribution in [0.15, 0.2) is 36.4 Å². The van der Waals surface area contributed by atoms with Crippen LogP contribution < -0.4 is 10.6 Å². The lowest BCUT2D eigenvalue weighted by atomic mass is 9.83. The van der Waals surface area contributed by atoms with E-state index < -0.39 is 23.4 Å². The summed E-state index contributed by atoms with van der Waals surface area (Å²) in [4.78, 5) is 54.4. The SMILES string of the molecule is O=C(CN(CCO)CCO)Nc1ccc2c(c1)C(=O)c1ccc(NC(=O)CN(CCO)CCO)cc1C2=O. The Hall–Kier alpha value is -3.52. The summed E-state index contributed by atoms with van der Waals surface area (Å²) < 4.78 is 0. The topological polar surface area (TPSA) is 180 Å². The number of carbonyl (C=O) groups is 4. The number of rotatable bonds is 14. The first kappa shape index (κ1) is 29.0. The first-order chi connectivity index (χ1) is 18.3. The Morgan fingerprint density at radius 1 is 0.579 bits per heavy atom. The van der Waals surface area contributed by atoms with Crippen molar-refractivity contribution in [2.45, 2.75) is 0 Å². The summed E-state index contributed by atoms with van der Waals surface area (Å²) in [6.45, 7) is 0.0574. The average molecular weight is 529 g/mol. The Bertz CT molecular complexity index is 1080. The van der Waals surface area contributed by atoms with Crippen LogP contribution in [0.4, 0.5) is 11.4 Å². The predicted octanol–water partition coefficient (Wildman–Crippen LogP) is -1.09. The van der Waals surface area contributed by atoms with Crippen molar-refractivity contribution in [3.63, 3.8) is 0 Å². The Labute approximate surface area is 219 Å². The van der Waals surface area contributed by atoms with E-state index in [1.165, 1.54) is 36.4 Å². The van der Waals surface area contributed by atoms with E-state index in [9.17, 15) is 19.2 Å². The van der Waals surface area contributed by atoms with Gasteiger partial charge in [0.2, 0.25) is 11.8 Å². The summed E-state index contributed by atoms with van der Waals surface area (Å²) in [5.74, 6) is -1.61. The number of benzene rings is 2. The molecule has 2 aromatic rings. The molecule has 0 spiro atoms. The molecule has 38 heavy (non-hydrogen) atoms. The van der Waals surface area contributed by atoms with Crippen molar-refractivity contribution in [3.8, 4) is 0 Å². The standard InChI is InChI=1S/C26H32N4O8/c31-9-5-29(6-10-32)15-23(35)27-17-1-3-19-21(13-17)26(38)20-4-2-18(14-22(20)25(19)37)28-24(36)16-30(7-11-33)8-12-34/h1-4,13-14,31-34H,5-12,15-16H2,(H,27,35)(H,28,36). The molecule has 0 saturated heterocycles. The van der Waals surface area contributed by atoms with E-state index in [4.69, 9.17) is 20.4 Å². The second-order valence-electron chi connectivity index (χ2n) is 8.72. The zero-order chi connectivity index (χ0) is 27.7. The van der Waals surface area contributed by atoms with Crippen LogP contribution in [0.1, 0.15) is 31.8 Å². The summed E-state index contributed by atoms with van der Waals surface area (Å²) in [5, 5.41) is 41.8. The van der Waals surface area contributed by atoms with Crippen LogP contribution in [0.5, 0.6) is 0 Å². The minimum atomic E-state index is -0.404. The number of amides is 2. The van der Waals surface area contributed by atoms with Crippen molar-refractivity contribution < 1.29 is 39.6 Å². The molecule has 6 N–H and O–H groups in total. The van der Waals surface area contributed by atoms with Gasteiger partial charge in [-0.1, -0.05) is 0 Å². The number of aliphatic hydroxyl groups is 4. The largest absolute Gasteiger partial charge is 0.395 e. The molecule has 0 bridgehead atoms. The van der Waals surface area contributed by atoms with Crippen molar-refractivity contribution in [3.05, 3.63) is 58.7 Å². The molecular formula is C26H32N4O8. The lowest BCUT2D eigenvalue weighted by Gasteiger charge is -2.21. The number of nitrogens with zero attached hydrogens (tertiary/aromatic N) is 2. The highest BCUT2D eigenvalue weighted by Gasteiger charge is 2.30. The van der Waals surface area contributed by atoms with Gasteiger partial charge in [0.05, 0.1) is 39.5 Å². The molecule has 2 aromatic carbocycles. The van der Waals surface area contributed by atoms with Crippen LogP contribution in [-0.2, 0) is 9.59 Å². The number of hydrogen-bond donors (Lipinski definition) is 6. The highest BCUT2D eigenvalue weighted by molar-refractivity contribution is 6.29. The van der Waals surface area contributed by atoms with Crippen molar-refractivity contribution in [2.75, 3.05) is 76.3 Å². The van der Waals surface area contributed by atoms with Gasteiger partial charge >= 0.3 is 0 Å². The Balaban J connectivity index is 1.73. The second kappa shape index (κ2) is 13.9. The molecule has 12 nitrogen and oxygen atoms in total. The number of ketones is 2. The molecule has 1 aliphatic carbocycles. The maximum absolute atomic E-state index is 13.2. The van der Waals surface area contributed by atoms with Gasteiger partial charge in [-0.05, 0) is 36.4 Å². The van der Waals surface area contributed by atoms with E-state index in [0.717, 1.165) is 0 Å². The highest BCUT2D eigenvalue weighted by Crippen LogP contribution is 2.31. The molecule has 0 saturated carbocycles. The van der Waals surface area contributed by atoms with Crippen LogP contribution in [0.3, 0.4) is 0 Å². The third-order valence-electron chi connectivity index (χ3n) is 5.98. The Morgan fingerprint density at radius 2 is 0.921 bits per heavy atom. The normalized spacial score (nSPS) is 12.5. The van der Waals surface area contributed by atoms with Crippen LogP contribution in [0, 0.1) is 0 Å². The summed E-state index contributed by atoms with van der Waals surface area (Å²) in [6.07, 6.45) is 0. The first-order valence-electron chi connectivity index (χ1n) is 12.2. The lowest BCUT2D eigenvalue weighted by molar-refractivity contribution is -0.118. The molecule has 2 amide bonds. The fourth-order valence-electron chi connectivity index (χ4n) is 4.22. The molecular weight excluding hydrogens is 496 g/mol. The van der Waals surface area contributed by atoms with Crippen molar-refractivity contribution in [1.29, 1.82) is 0 Å². The van der Waals surface area contributed by atoms with E-state index in [1.807, 2.05) is 0 Å². The summed E-state index contributed by atoms with van der Waals surface area (Å²) in [5.41, 5.74) is 1.27. The number of fused-ring (bicyclic) bond motifs is 2. The van der Waals surface area contributed by atoms with Crippen LogP contribution >= 0.6 is 0 Å². The van der Waals surface area contributed by atoms with Crippen molar-refractivity contribution >= 4 is 34.8 Å². The number of nitrogens with one attached hydrogen (secondary N) is 2. The number of anilines is 2. The van der Waals surface area contributed by atoms with Gasteiger partial charge in [-0.3, -0.25) is 29.0 Å². The van der Waals surface area contributed by atoms with Crippen molar-refractivity contribution in [1.82, 2.24) is 9.80 Å². The minimum absolute atomic E-state index is 0.0693. The zero-order valence-electron chi connectivity index (χ0n) is 20.9. The van der Waals surface area contributed by atoms with E-state index >= 15 is 0 Å². The van der Waals surface area contributed by atoms with Gasteiger partial charge in [0.25, 0.3) is 0 Å². The van der Waals surface area contributed by atoms with Gasteiger partial charge in [-0.15, -0.1) is 0 Å². The average Bonchev–Trinajstić information content (AvgIpc) is 2.87. The summed E-state index contributed by atoms with van der Waals surface area (Å²) in [7, 11) is 0. The van der Waals surface area contributed by atoms with E-state index in [-0.39, 0.29) is 87.9 Å². The third-order valence-corrected chi connectivity index (χ3v) is 5.98. The summed E-state index contributed by atoms with van der Waals surface area (Å²) in [6, 6.07) is 8.81. The van der Waals surface area contributed by atoms with E-state index in [0.29, 0.717) is 11.4 Å². The summed E-state index contributed by atoms with van der Waals surface area (Å²) >= 11 is 0. The smallest absolute Gasteiger partial charge is 0.238 e. The maximum atomic E-state index is 13.2. The molecule has 0 fully saturated rings. The van der Waals surface area contributed by atoms with Crippen LogP contribution in [-0.4, -0.2) is 119 Å². The number of aliphatic hydroxyl groups excluding tert-OH is 4. The van der Waals surface area contributed by atoms with Gasteiger partial charge in [0.1, 0.15) is 0 Å².